The summed E-state index contributed by atoms with van der Waals surface area (Å²) < 4.78 is 29.8. The van der Waals surface area contributed by atoms with E-state index in [9.17, 15) is 13.6 Å². The van der Waals surface area contributed by atoms with E-state index in [1.165, 1.54) is 16.9 Å². The molecule has 0 spiro atoms. The Labute approximate surface area is 170 Å². The van der Waals surface area contributed by atoms with Crippen LogP contribution in [0.2, 0.25) is 0 Å². The number of nitrogens with one attached hydrogen (secondary N) is 1. The van der Waals surface area contributed by atoms with Gasteiger partial charge in [0.2, 0.25) is 5.91 Å². The van der Waals surface area contributed by atoms with Gasteiger partial charge in [0, 0.05) is 18.2 Å². The Morgan fingerprint density at radius 1 is 1.03 bits per heavy atom. The first-order chi connectivity index (χ1) is 14.6. The lowest BCUT2D eigenvalue weighted by Crippen LogP contribution is -2.35. The topological polar surface area (TPSA) is 75.4 Å². The number of hydrogen-bond acceptors (Lipinski definition) is 5. The van der Waals surface area contributed by atoms with Crippen molar-refractivity contribution < 1.29 is 13.6 Å². The Morgan fingerprint density at radius 3 is 2.57 bits per heavy atom. The molecule has 1 amide bonds. The van der Waals surface area contributed by atoms with Gasteiger partial charge in [-0.2, -0.15) is 14.6 Å². The van der Waals surface area contributed by atoms with Crippen LogP contribution < -0.4 is 10.2 Å². The second-order valence-electron chi connectivity index (χ2n) is 6.91. The Hall–Kier alpha value is -3.88. The van der Waals surface area contributed by atoms with Crippen molar-refractivity contribution >= 4 is 23.2 Å². The number of nitrogens with zero attached hydrogens (tertiary/aromatic N) is 5. The second kappa shape index (κ2) is 7.18. The van der Waals surface area contributed by atoms with Crippen LogP contribution >= 0.6 is 0 Å². The van der Waals surface area contributed by atoms with Gasteiger partial charge in [-0.05, 0) is 18.6 Å². The van der Waals surface area contributed by atoms with Crippen LogP contribution in [0.1, 0.15) is 6.42 Å². The highest BCUT2D eigenvalue weighted by Gasteiger charge is 2.35. The molecule has 1 N–H and O–H groups in total. The van der Waals surface area contributed by atoms with Crippen molar-refractivity contribution in [3.8, 4) is 11.3 Å². The van der Waals surface area contributed by atoms with E-state index in [2.05, 4.69) is 20.4 Å². The van der Waals surface area contributed by atoms with E-state index >= 15 is 0 Å². The summed E-state index contributed by atoms with van der Waals surface area (Å²) in [5, 5.41) is 7.31. The molecule has 0 bridgehead atoms. The minimum absolute atomic E-state index is 0.200. The number of carbonyl (C=O) groups excluding carboxylic acids is 1. The number of aromatic nitrogens is 4. The molecule has 1 unspecified atom stereocenters. The van der Waals surface area contributed by atoms with E-state index in [0.717, 1.165) is 22.6 Å². The lowest BCUT2D eigenvalue weighted by molar-refractivity contribution is -0.117. The number of para-hydroxylation sites is 1. The molecule has 2 aromatic carbocycles. The Kier molecular flexibility index (Phi) is 4.35. The van der Waals surface area contributed by atoms with Crippen LogP contribution in [0.25, 0.3) is 17.0 Å². The zero-order chi connectivity index (χ0) is 20.7. The van der Waals surface area contributed by atoms with Crippen LogP contribution in [0.15, 0.2) is 60.9 Å². The summed E-state index contributed by atoms with van der Waals surface area (Å²) in [5.41, 5.74) is 1.23. The standard InChI is InChI=1S/C21H16F2N6O/c22-14-7-4-8-15(23)19(14)28-10-9-16(20(28)30)26-18-11-17(13-5-2-1-3-6-13)27-21-24-12-25-29(18)21/h1-8,11-12,16,26H,9-10H2. The highest BCUT2D eigenvalue weighted by molar-refractivity contribution is 6.01. The van der Waals surface area contributed by atoms with Crippen molar-refractivity contribution in [3.63, 3.8) is 0 Å². The van der Waals surface area contributed by atoms with E-state index in [-0.39, 0.29) is 12.2 Å². The number of rotatable bonds is 4. The van der Waals surface area contributed by atoms with Crippen molar-refractivity contribution in [1.29, 1.82) is 0 Å². The van der Waals surface area contributed by atoms with Crippen LogP contribution in [0, 0.1) is 11.6 Å². The third-order valence-electron chi connectivity index (χ3n) is 5.06. The average Bonchev–Trinajstić information content (AvgIpc) is 3.36. The number of amides is 1. The first-order valence-corrected chi connectivity index (χ1v) is 9.40. The normalized spacial score (nSPS) is 16.4. The van der Waals surface area contributed by atoms with Gasteiger partial charge in [0.25, 0.3) is 5.78 Å². The molecule has 0 radical (unpaired) electrons. The second-order valence-corrected chi connectivity index (χ2v) is 6.91. The van der Waals surface area contributed by atoms with Gasteiger partial charge in [-0.3, -0.25) is 4.79 Å². The first kappa shape index (κ1) is 18.2. The number of fused-ring (bicyclic) bond motifs is 1. The molecule has 3 heterocycles. The van der Waals surface area contributed by atoms with Gasteiger partial charge < -0.3 is 10.2 Å². The van der Waals surface area contributed by atoms with Crippen molar-refractivity contribution in [2.24, 2.45) is 0 Å². The molecule has 5 rings (SSSR count). The summed E-state index contributed by atoms with van der Waals surface area (Å²) in [6, 6.07) is 14.2. The monoisotopic (exact) mass is 406 g/mol. The van der Waals surface area contributed by atoms with Crippen LogP contribution in [0.5, 0.6) is 0 Å². The van der Waals surface area contributed by atoms with Crippen LogP contribution in [-0.2, 0) is 4.79 Å². The lowest BCUT2D eigenvalue weighted by Gasteiger charge is -2.19. The summed E-state index contributed by atoms with van der Waals surface area (Å²) in [6.45, 7) is 0.200. The molecule has 1 fully saturated rings. The fourth-order valence-electron chi connectivity index (χ4n) is 3.63. The molecular weight excluding hydrogens is 390 g/mol. The molecule has 30 heavy (non-hydrogen) atoms. The predicted octanol–water partition coefficient (Wildman–Crippen LogP) is 3.29. The first-order valence-electron chi connectivity index (χ1n) is 9.40. The van der Waals surface area contributed by atoms with Gasteiger partial charge in [-0.1, -0.05) is 36.4 Å². The molecule has 7 nitrogen and oxygen atoms in total. The van der Waals surface area contributed by atoms with Crippen molar-refractivity contribution in [2.45, 2.75) is 12.5 Å². The highest BCUT2D eigenvalue weighted by Crippen LogP contribution is 2.29. The summed E-state index contributed by atoms with van der Waals surface area (Å²) in [6.07, 6.45) is 1.76. The van der Waals surface area contributed by atoms with E-state index in [1.54, 1.807) is 6.07 Å². The summed E-state index contributed by atoms with van der Waals surface area (Å²) >= 11 is 0. The zero-order valence-corrected chi connectivity index (χ0v) is 15.7. The molecule has 0 aliphatic carbocycles. The highest BCUT2D eigenvalue weighted by atomic mass is 19.1. The van der Waals surface area contributed by atoms with Gasteiger partial charge >= 0.3 is 0 Å². The van der Waals surface area contributed by atoms with Gasteiger partial charge in [0.05, 0.1) is 5.69 Å². The van der Waals surface area contributed by atoms with Gasteiger partial charge in [0.15, 0.2) is 0 Å². The molecule has 1 saturated heterocycles. The Morgan fingerprint density at radius 2 is 1.80 bits per heavy atom. The fraction of sp³-hybridized carbons (Fsp3) is 0.143. The quantitative estimate of drug-likeness (QED) is 0.563. The van der Waals surface area contributed by atoms with Crippen molar-refractivity contribution in [3.05, 3.63) is 72.6 Å². The maximum Gasteiger partial charge on any atom is 0.254 e. The summed E-state index contributed by atoms with van der Waals surface area (Å²) in [5.74, 6) is -1.05. The Balaban J connectivity index is 1.48. The fourth-order valence-corrected chi connectivity index (χ4v) is 3.63. The minimum atomic E-state index is -0.766. The molecule has 4 aromatic rings. The molecule has 2 aromatic heterocycles. The maximum atomic E-state index is 14.2. The molecule has 1 aliphatic heterocycles. The predicted molar refractivity (Wildman–Crippen MR) is 107 cm³/mol. The molecule has 150 valence electrons. The molecule has 1 aliphatic rings. The van der Waals surface area contributed by atoms with Gasteiger partial charge in [0.1, 0.15) is 35.5 Å². The number of halogens is 2. The van der Waals surface area contributed by atoms with Crippen LogP contribution in [0.4, 0.5) is 20.3 Å². The Bertz CT molecular complexity index is 1220. The minimum Gasteiger partial charge on any atom is -0.358 e. The van der Waals surface area contributed by atoms with Gasteiger partial charge in [-0.15, -0.1) is 0 Å². The number of carbonyl (C=O) groups is 1. The van der Waals surface area contributed by atoms with Crippen molar-refractivity contribution in [2.75, 3.05) is 16.8 Å². The molecular formula is C21H16F2N6O. The van der Waals surface area contributed by atoms with E-state index < -0.39 is 23.6 Å². The SMILES string of the molecule is O=C1C(Nc2cc(-c3ccccc3)nc3ncnn23)CCN1c1c(F)cccc1F. The smallest absolute Gasteiger partial charge is 0.254 e. The third-order valence-corrected chi connectivity index (χ3v) is 5.06. The maximum absolute atomic E-state index is 14.2. The van der Waals surface area contributed by atoms with Gasteiger partial charge in [-0.25, -0.2) is 13.8 Å². The van der Waals surface area contributed by atoms with Crippen LogP contribution in [0.3, 0.4) is 0 Å². The average molecular weight is 406 g/mol. The van der Waals surface area contributed by atoms with Crippen LogP contribution in [-0.4, -0.2) is 38.1 Å². The largest absolute Gasteiger partial charge is 0.358 e. The summed E-state index contributed by atoms with van der Waals surface area (Å²) in [4.78, 5) is 22.7. The molecule has 9 heteroatoms. The van der Waals surface area contributed by atoms with E-state index in [4.69, 9.17) is 0 Å². The van der Waals surface area contributed by atoms with E-state index in [0.29, 0.717) is 23.7 Å². The van der Waals surface area contributed by atoms with E-state index in [1.807, 2.05) is 30.3 Å². The summed E-state index contributed by atoms with van der Waals surface area (Å²) in [7, 11) is 0. The molecule has 1 atom stereocenters. The number of benzene rings is 2. The molecule has 0 saturated carbocycles. The third kappa shape index (κ3) is 3.04. The number of anilines is 2. The number of hydrogen-bond donors (Lipinski definition) is 1. The van der Waals surface area contributed by atoms with Crippen molar-refractivity contribution in [1.82, 2.24) is 19.6 Å². The lowest BCUT2D eigenvalue weighted by atomic mass is 10.1. The zero-order valence-electron chi connectivity index (χ0n) is 15.7.